The van der Waals surface area contributed by atoms with E-state index >= 15 is 0 Å². The Morgan fingerprint density at radius 1 is 0.760 bits per heavy atom. The highest BCUT2D eigenvalue weighted by atomic mass is 35.5. The number of ketones is 1. The number of imide groups is 1. The Kier molecular flexibility index (Phi) is 2.84. The van der Waals surface area contributed by atoms with Crippen LogP contribution in [-0.2, 0) is 0 Å². The summed E-state index contributed by atoms with van der Waals surface area (Å²) in [5, 5.41) is 4.72. The molecule has 0 spiro atoms. The van der Waals surface area contributed by atoms with E-state index in [9.17, 15) is 14.4 Å². The Balaban J connectivity index is 1.80. The fraction of sp³-hybridized carbons (Fsp3) is 0. The zero-order valence-electron chi connectivity index (χ0n) is 12.6. The van der Waals surface area contributed by atoms with Crippen molar-refractivity contribution in [3.63, 3.8) is 0 Å². The van der Waals surface area contributed by atoms with E-state index in [4.69, 9.17) is 11.6 Å². The average molecular weight is 366 g/mol. The Labute approximate surface area is 151 Å². The molecule has 2 amide bonds. The number of hydrogen-bond donors (Lipinski definition) is 1. The monoisotopic (exact) mass is 365 g/mol. The predicted molar refractivity (Wildman–Crippen MR) is 95.4 cm³/mol. The van der Waals surface area contributed by atoms with E-state index in [0.717, 1.165) is 11.1 Å². The molecule has 1 N–H and O–H groups in total. The van der Waals surface area contributed by atoms with Gasteiger partial charge in [0.25, 0.3) is 11.8 Å². The van der Waals surface area contributed by atoms with Gasteiger partial charge in [-0.3, -0.25) is 19.7 Å². The lowest BCUT2D eigenvalue weighted by Gasteiger charge is -2.05. The first-order valence-electron chi connectivity index (χ1n) is 7.52. The normalized spacial score (nSPS) is 14.4. The molecule has 0 saturated carbocycles. The lowest BCUT2D eigenvalue weighted by molar-refractivity contribution is 0.0879. The zero-order valence-corrected chi connectivity index (χ0v) is 14.1. The fourth-order valence-electron chi connectivity index (χ4n) is 3.50. The highest BCUT2D eigenvalue weighted by Crippen LogP contribution is 2.49. The molecule has 0 radical (unpaired) electrons. The number of rotatable bonds is 1. The quantitative estimate of drug-likeness (QED) is 0.515. The van der Waals surface area contributed by atoms with Gasteiger partial charge in [-0.2, -0.15) is 0 Å². The number of amides is 2. The van der Waals surface area contributed by atoms with Crippen LogP contribution in [0.2, 0.25) is 5.02 Å². The van der Waals surface area contributed by atoms with Crippen LogP contribution in [0.15, 0.2) is 41.8 Å². The summed E-state index contributed by atoms with van der Waals surface area (Å²) >= 11 is 7.68. The van der Waals surface area contributed by atoms with Crippen molar-refractivity contribution in [2.75, 3.05) is 0 Å². The van der Waals surface area contributed by atoms with Crippen LogP contribution in [0.4, 0.5) is 0 Å². The number of thiophene rings is 1. The first-order chi connectivity index (χ1) is 12.1. The van der Waals surface area contributed by atoms with Crippen LogP contribution in [0.1, 0.15) is 36.6 Å². The van der Waals surface area contributed by atoms with Gasteiger partial charge in [-0.1, -0.05) is 35.9 Å². The highest BCUT2D eigenvalue weighted by molar-refractivity contribution is 7.14. The first-order valence-corrected chi connectivity index (χ1v) is 8.78. The number of benzene rings is 2. The molecule has 2 aliphatic rings. The second-order valence-electron chi connectivity index (χ2n) is 5.86. The van der Waals surface area contributed by atoms with Crippen LogP contribution in [0, 0.1) is 0 Å². The molecular formula is C19H8ClNO3S. The van der Waals surface area contributed by atoms with Crippen molar-refractivity contribution in [3.8, 4) is 21.6 Å². The van der Waals surface area contributed by atoms with Crippen molar-refractivity contribution in [1.82, 2.24) is 5.32 Å². The summed E-state index contributed by atoms with van der Waals surface area (Å²) in [6.07, 6.45) is 0. The predicted octanol–water partition coefficient (Wildman–Crippen LogP) is 4.16. The fourth-order valence-corrected chi connectivity index (χ4v) is 4.86. The number of carbonyl (C=O) groups excluding carboxylic acids is 3. The van der Waals surface area contributed by atoms with Crippen molar-refractivity contribution < 1.29 is 14.4 Å². The van der Waals surface area contributed by atoms with Crippen molar-refractivity contribution in [1.29, 1.82) is 0 Å². The van der Waals surface area contributed by atoms with E-state index in [1.54, 1.807) is 36.4 Å². The topological polar surface area (TPSA) is 63.2 Å². The van der Waals surface area contributed by atoms with Crippen LogP contribution in [0.3, 0.4) is 0 Å². The Hall–Kier alpha value is -2.76. The smallest absolute Gasteiger partial charge is 0.259 e. The van der Waals surface area contributed by atoms with E-state index in [1.807, 2.05) is 5.38 Å². The maximum absolute atomic E-state index is 12.9. The summed E-state index contributed by atoms with van der Waals surface area (Å²) in [5.74, 6) is -0.947. The molecule has 1 aromatic heterocycles. The van der Waals surface area contributed by atoms with Gasteiger partial charge in [0.1, 0.15) is 0 Å². The van der Waals surface area contributed by atoms with E-state index < -0.39 is 11.8 Å². The van der Waals surface area contributed by atoms with E-state index in [0.29, 0.717) is 37.7 Å². The third-order valence-corrected chi connectivity index (χ3v) is 5.88. The molecule has 2 heterocycles. The molecule has 120 valence electrons. The lowest BCUT2D eigenvalue weighted by atomic mass is 9.98. The maximum Gasteiger partial charge on any atom is 0.259 e. The van der Waals surface area contributed by atoms with Gasteiger partial charge >= 0.3 is 0 Å². The minimum absolute atomic E-state index is 0.105. The average Bonchev–Trinajstić information content (AvgIpc) is 3.23. The molecule has 3 aromatic rings. The number of carbonyl (C=O) groups is 3. The molecule has 0 unspecified atom stereocenters. The maximum atomic E-state index is 12.9. The molecule has 0 atom stereocenters. The molecular weight excluding hydrogens is 358 g/mol. The van der Waals surface area contributed by atoms with Gasteiger partial charge in [0.15, 0.2) is 5.78 Å². The van der Waals surface area contributed by atoms with Gasteiger partial charge in [0, 0.05) is 43.1 Å². The molecule has 0 fully saturated rings. The largest absolute Gasteiger partial charge is 0.289 e. The summed E-state index contributed by atoms with van der Waals surface area (Å²) in [4.78, 5) is 37.7. The van der Waals surface area contributed by atoms with Crippen LogP contribution >= 0.6 is 22.9 Å². The standard InChI is InChI=1S/C19H8ClNO3S/c20-12-6-2-3-8-13(12)11-7-25-17(15(11)16(8)22)9-4-1-5-10-14(9)19(24)21-18(10)23/h1-7H,(H,21,23,24). The third kappa shape index (κ3) is 1.79. The molecule has 4 nitrogen and oxygen atoms in total. The van der Waals surface area contributed by atoms with Gasteiger partial charge in [-0.25, -0.2) is 0 Å². The summed E-state index contributed by atoms with van der Waals surface area (Å²) in [6.45, 7) is 0. The van der Waals surface area contributed by atoms with Crippen LogP contribution in [0.25, 0.3) is 21.6 Å². The number of nitrogens with one attached hydrogen (secondary N) is 1. The number of halogens is 1. The van der Waals surface area contributed by atoms with Crippen LogP contribution < -0.4 is 5.32 Å². The second kappa shape index (κ2) is 4.88. The molecule has 5 rings (SSSR count). The summed E-state index contributed by atoms with van der Waals surface area (Å²) in [5.41, 5.74) is 3.91. The minimum Gasteiger partial charge on any atom is -0.289 e. The number of fused-ring (bicyclic) bond motifs is 4. The van der Waals surface area contributed by atoms with Crippen molar-refractivity contribution in [3.05, 3.63) is 69.1 Å². The zero-order chi connectivity index (χ0) is 17.3. The van der Waals surface area contributed by atoms with Gasteiger partial charge < -0.3 is 0 Å². The summed E-state index contributed by atoms with van der Waals surface area (Å²) in [6, 6.07) is 10.4. The third-order valence-electron chi connectivity index (χ3n) is 4.55. The van der Waals surface area contributed by atoms with Crippen molar-refractivity contribution in [2.45, 2.75) is 0 Å². The molecule has 6 heteroatoms. The molecule has 1 aliphatic carbocycles. The Morgan fingerprint density at radius 3 is 2.32 bits per heavy atom. The Bertz CT molecular complexity index is 1150. The molecule has 1 aliphatic heterocycles. The second-order valence-corrected chi connectivity index (χ2v) is 7.14. The number of hydrogen-bond acceptors (Lipinski definition) is 4. The van der Waals surface area contributed by atoms with Crippen molar-refractivity contribution in [2.24, 2.45) is 0 Å². The van der Waals surface area contributed by atoms with Gasteiger partial charge in [0.05, 0.1) is 11.1 Å². The Morgan fingerprint density at radius 2 is 1.48 bits per heavy atom. The van der Waals surface area contributed by atoms with E-state index in [1.165, 1.54) is 11.3 Å². The summed E-state index contributed by atoms with van der Waals surface area (Å²) in [7, 11) is 0. The SMILES string of the molecule is O=C1NC(=O)c2c1cccc2-c1scc2c1C(=O)c1cccc(Cl)c1-2. The van der Waals surface area contributed by atoms with Gasteiger partial charge in [-0.15, -0.1) is 11.3 Å². The van der Waals surface area contributed by atoms with Gasteiger partial charge in [0.2, 0.25) is 0 Å². The minimum atomic E-state index is -0.432. The molecule has 2 aromatic carbocycles. The molecule has 0 saturated heterocycles. The molecule has 25 heavy (non-hydrogen) atoms. The molecule has 0 bridgehead atoms. The summed E-state index contributed by atoms with van der Waals surface area (Å²) < 4.78 is 0. The van der Waals surface area contributed by atoms with Crippen molar-refractivity contribution >= 4 is 40.5 Å². The van der Waals surface area contributed by atoms with Crippen LogP contribution in [-0.4, -0.2) is 17.6 Å². The lowest BCUT2D eigenvalue weighted by Crippen LogP contribution is -2.20. The van der Waals surface area contributed by atoms with E-state index in [-0.39, 0.29) is 5.78 Å². The van der Waals surface area contributed by atoms with E-state index in [2.05, 4.69) is 5.32 Å². The highest BCUT2D eigenvalue weighted by Gasteiger charge is 2.36. The van der Waals surface area contributed by atoms with Crippen LogP contribution in [0.5, 0.6) is 0 Å². The first kappa shape index (κ1) is 14.6. The van der Waals surface area contributed by atoms with Gasteiger partial charge in [-0.05, 0) is 12.1 Å².